The fourth-order valence-electron chi connectivity index (χ4n) is 3.22. The highest BCUT2D eigenvalue weighted by atomic mass is 16.5. The van der Waals surface area contributed by atoms with Crippen LogP contribution in [0.25, 0.3) is 0 Å². The van der Waals surface area contributed by atoms with Crippen LogP contribution < -0.4 is 0 Å². The fraction of sp³-hybridized carbons (Fsp3) is 0.955. The number of hydrogen-bond acceptors (Lipinski definition) is 2. The number of carbonyl (C=O) groups excluding carboxylic acids is 1. The number of esters is 1. The molecule has 0 amide bonds. The molecule has 0 aromatic rings. The van der Waals surface area contributed by atoms with Gasteiger partial charge in [-0.15, -0.1) is 0 Å². The third-order valence-corrected chi connectivity index (χ3v) is 4.93. The Morgan fingerprint density at radius 2 is 1.04 bits per heavy atom. The Labute approximate surface area is 152 Å². The first kappa shape index (κ1) is 23.5. The first-order valence-corrected chi connectivity index (χ1v) is 10.9. The summed E-state index contributed by atoms with van der Waals surface area (Å²) in [5.41, 5.74) is 0. The Morgan fingerprint density at radius 1 is 0.667 bits per heavy atom. The van der Waals surface area contributed by atoms with E-state index in [4.69, 9.17) is 4.74 Å². The molecular weight excluding hydrogens is 296 g/mol. The van der Waals surface area contributed by atoms with E-state index in [0.717, 1.165) is 12.8 Å². The predicted molar refractivity (Wildman–Crippen MR) is 105 cm³/mol. The van der Waals surface area contributed by atoms with Gasteiger partial charge in [0, 0.05) is 0 Å². The lowest BCUT2D eigenvalue weighted by molar-refractivity contribution is -0.147. The third-order valence-electron chi connectivity index (χ3n) is 4.93. The normalized spacial score (nSPS) is 12.3. The van der Waals surface area contributed by atoms with Gasteiger partial charge in [-0.2, -0.15) is 0 Å². The highest BCUT2D eigenvalue weighted by Gasteiger charge is 2.12. The standard InChI is InChI=1S/C22H44O2/c1-4-6-7-8-9-10-11-12-13-14-15-16-17-18-19-20-21(3)22(23)24-5-2/h21H,4-20H2,1-3H3. The van der Waals surface area contributed by atoms with E-state index < -0.39 is 0 Å². The Kier molecular flexibility index (Phi) is 18.4. The summed E-state index contributed by atoms with van der Waals surface area (Å²) in [6.45, 7) is 6.64. The number of rotatable bonds is 18. The highest BCUT2D eigenvalue weighted by molar-refractivity contribution is 5.71. The van der Waals surface area contributed by atoms with Crippen molar-refractivity contribution in [2.24, 2.45) is 5.92 Å². The van der Waals surface area contributed by atoms with Crippen molar-refractivity contribution in [3.05, 3.63) is 0 Å². The summed E-state index contributed by atoms with van der Waals surface area (Å²) in [5.74, 6) is 0.0507. The van der Waals surface area contributed by atoms with Crippen LogP contribution in [-0.4, -0.2) is 12.6 Å². The van der Waals surface area contributed by atoms with E-state index in [1.165, 1.54) is 89.9 Å². The zero-order valence-electron chi connectivity index (χ0n) is 16.9. The van der Waals surface area contributed by atoms with Gasteiger partial charge in [0.25, 0.3) is 0 Å². The average Bonchev–Trinajstić information content (AvgIpc) is 2.58. The minimum atomic E-state index is -0.0251. The van der Waals surface area contributed by atoms with E-state index >= 15 is 0 Å². The van der Waals surface area contributed by atoms with Gasteiger partial charge in [0.2, 0.25) is 0 Å². The molecule has 0 heterocycles. The molecule has 0 spiro atoms. The maximum atomic E-state index is 11.5. The van der Waals surface area contributed by atoms with E-state index in [1.54, 1.807) is 0 Å². The van der Waals surface area contributed by atoms with Crippen molar-refractivity contribution >= 4 is 5.97 Å². The van der Waals surface area contributed by atoms with Gasteiger partial charge < -0.3 is 4.74 Å². The van der Waals surface area contributed by atoms with E-state index in [1.807, 2.05) is 13.8 Å². The molecule has 0 saturated heterocycles. The van der Waals surface area contributed by atoms with Gasteiger partial charge in [-0.1, -0.05) is 110 Å². The average molecular weight is 341 g/mol. The first-order valence-electron chi connectivity index (χ1n) is 10.9. The molecule has 0 fully saturated rings. The smallest absolute Gasteiger partial charge is 0.308 e. The summed E-state index contributed by atoms with van der Waals surface area (Å²) in [6.07, 6.45) is 21.8. The zero-order chi connectivity index (χ0) is 17.9. The fourth-order valence-corrected chi connectivity index (χ4v) is 3.22. The second-order valence-electron chi connectivity index (χ2n) is 7.39. The molecule has 0 radical (unpaired) electrons. The predicted octanol–water partition coefficient (Wildman–Crippen LogP) is 7.45. The lowest BCUT2D eigenvalue weighted by atomic mass is 10.0. The Morgan fingerprint density at radius 3 is 1.42 bits per heavy atom. The molecule has 1 atom stereocenters. The van der Waals surface area contributed by atoms with Gasteiger partial charge in [-0.3, -0.25) is 4.79 Å². The molecule has 0 aliphatic heterocycles. The SMILES string of the molecule is CCCCCCCCCCCCCCCCCC(C)C(=O)OCC. The van der Waals surface area contributed by atoms with Crippen LogP contribution >= 0.6 is 0 Å². The molecular formula is C22H44O2. The Hall–Kier alpha value is -0.530. The molecule has 0 aliphatic carbocycles. The van der Waals surface area contributed by atoms with Gasteiger partial charge in [0.15, 0.2) is 0 Å². The number of ether oxygens (including phenoxy) is 1. The summed E-state index contributed by atoms with van der Waals surface area (Å²) >= 11 is 0. The van der Waals surface area contributed by atoms with Crippen LogP contribution in [-0.2, 0) is 9.53 Å². The van der Waals surface area contributed by atoms with Crippen molar-refractivity contribution in [3.8, 4) is 0 Å². The van der Waals surface area contributed by atoms with E-state index in [0.29, 0.717) is 6.61 Å². The maximum absolute atomic E-state index is 11.5. The number of carbonyl (C=O) groups is 1. The topological polar surface area (TPSA) is 26.3 Å². The minimum Gasteiger partial charge on any atom is -0.466 e. The van der Waals surface area contributed by atoms with Crippen molar-refractivity contribution < 1.29 is 9.53 Å². The summed E-state index contributed by atoms with van der Waals surface area (Å²) in [7, 11) is 0. The van der Waals surface area contributed by atoms with Crippen LogP contribution in [0.3, 0.4) is 0 Å². The third kappa shape index (κ3) is 16.3. The molecule has 144 valence electrons. The summed E-state index contributed by atoms with van der Waals surface area (Å²) in [6, 6.07) is 0. The van der Waals surface area contributed by atoms with Crippen LogP contribution in [0.5, 0.6) is 0 Å². The summed E-state index contributed by atoms with van der Waals surface area (Å²) in [5, 5.41) is 0. The van der Waals surface area contributed by atoms with Crippen LogP contribution in [0.15, 0.2) is 0 Å². The molecule has 2 heteroatoms. The monoisotopic (exact) mass is 340 g/mol. The largest absolute Gasteiger partial charge is 0.466 e. The van der Waals surface area contributed by atoms with Crippen LogP contribution in [0, 0.1) is 5.92 Å². The molecule has 24 heavy (non-hydrogen) atoms. The summed E-state index contributed by atoms with van der Waals surface area (Å²) < 4.78 is 5.04. The van der Waals surface area contributed by atoms with Gasteiger partial charge in [-0.25, -0.2) is 0 Å². The lowest BCUT2D eigenvalue weighted by Gasteiger charge is -2.09. The van der Waals surface area contributed by atoms with Gasteiger partial charge in [-0.05, 0) is 13.3 Å². The van der Waals surface area contributed by atoms with Crippen LogP contribution in [0.1, 0.15) is 124 Å². The summed E-state index contributed by atoms with van der Waals surface area (Å²) in [4.78, 5) is 11.5. The molecule has 0 bridgehead atoms. The van der Waals surface area contributed by atoms with Crippen LogP contribution in [0.2, 0.25) is 0 Å². The van der Waals surface area contributed by atoms with Crippen molar-refractivity contribution in [3.63, 3.8) is 0 Å². The van der Waals surface area contributed by atoms with Crippen molar-refractivity contribution in [2.45, 2.75) is 124 Å². The number of hydrogen-bond donors (Lipinski definition) is 0. The maximum Gasteiger partial charge on any atom is 0.308 e. The van der Waals surface area contributed by atoms with Crippen molar-refractivity contribution in [1.82, 2.24) is 0 Å². The molecule has 0 aromatic heterocycles. The zero-order valence-corrected chi connectivity index (χ0v) is 16.9. The van der Waals surface area contributed by atoms with E-state index in [-0.39, 0.29) is 11.9 Å². The van der Waals surface area contributed by atoms with Gasteiger partial charge in [0.05, 0.1) is 12.5 Å². The van der Waals surface area contributed by atoms with Gasteiger partial charge in [0.1, 0.15) is 0 Å². The first-order chi connectivity index (χ1) is 11.7. The molecule has 0 aromatic carbocycles. The quantitative estimate of drug-likeness (QED) is 0.191. The molecule has 0 aliphatic rings. The molecule has 1 unspecified atom stereocenters. The van der Waals surface area contributed by atoms with E-state index in [2.05, 4.69) is 6.92 Å². The minimum absolute atomic E-state index is 0.0251. The number of unbranched alkanes of at least 4 members (excludes halogenated alkanes) is 14. The second kappa shape index (κ2) is 18.8. The van der Waals surface area contributed by atoms with Crippen molar-refractivity contribution in [2.75, 3.05) is 6.61 Å². The lowest BCUT2D eigenvalue weighted by Crippen LogP contribution is -2.14. The Bertz CT molecular complexity index is 263. The highest BCUT2D eigenvalue weighted by Crippen LogP contribution is 2.15. The van der Waals surface area contributed by atoms with Crippen LogP contribution in [0.4, 0.5) is 0 Å². The molecule has 0 N–H and O–H groups in total. The van der Waals surface area contributed by atoms with E-state index in [9.17, 15) is 4.79 Å². The molecule has 0 saturated carbocycles. The van der Waals surface area contributed by atoms with Gasteiger partial charge >= 0.3 is 5.97 Å². The second-order valence-corrected chi connectivity index (χ2v) is 7.39. The molecule has 0 rings (SSSR count). The Balaban J connectivity index is 3.14. The van der Waals surface area contributed by atoms with Crippen molar-refractivity contribution in [1.29, 1.82) is 0 Å². The molecule has 2 nitrogen and oxygen atoms in total.